The first-order chi connectivity index (χ1) is 48.7. The fourth-order valence-corrected chi connectivity index (χ4v) is 10.9. The first-order valence-corrected chi connectivity index (χ1v) is 40.7. The van der Waals surface area contributed by atoms with Gasteiger partial charge in [0.2, 0.25) is 0 Å². The topological polar surface area (TPSA) is 237 Å². The summed E-state index contributed by atoms with van der Waals surface area (Å²) in [6, 6.07) is 0. The number of esters is 4. The zero-order valence-electron chi connectivity index (χ0n) is 61.8. The molecular formula is C81H132O17P2. The minimum atomic E-state index is -5.01. The summed E-state index contributed by atoms with van der Waals surface area (Å²) < 4.78 is 68.3. The number of carbonyl (C=O) groups excluding carboxylic acids is 4. The van der Waals surface area contributed by atoms with Gasteiger partial charge in [0.25, 0.3) is 0 Å². The van der Waals surface area contributed by atoms with Gasteiger partial charge in [-0.05, 0) is 141 Å². The lowest BCUT2D eigenvalue weighted by molar-refractivity contribution is -0.161. The number of hydrogen-bond donors (Lipinski definition) is 3. The Morgan fingerprint density at radius 3 is 0.890 bits per heavy atom. The third-order valence-corrected chi connectivity index (χ3v) is 16.9. The fraction of sp³-hybridized carbons (Fsp3) is 0.630. The summed E-state index contributed by atoms with van der Waals surface area (Å²) in [7, 11) is -10.0. The molecule has 0 heterocycles. The predicted octanol–water partition coefficient (Wildman–Crippen LogP) is 21.7. The molecule has 0 fully saturated rings. The number of aliphatic hydroxyl groups excluding tert-OH is 1. The maximum atomic E-state index is 13.1. The number of aliphatic hydroxyl groups is 1. The van der Waals surface area contributed by atoms with Crippen LogP contribution in [0.15, 0.2) is 158 Å². The largest absolute Gasteiger partial charge is 0.472 e. The zero-order chi connectivity index (χ0) is 73.2. The molecule has 0 saturated carbocycles. The Hall–Kier alpha value is -5.32. The molecule has 5 unspecified atom stereocenters. The van der Waals surface area contributed by atoms with Gasteiger partial charge in [-0.15, -0.1) is 0 Å². The number of hydrogen-bond acceptors (Lipinski definition) is 15. The van der Waals surface area contributed by atoms with Crippen LogP contribution in [0.25, 0.3) is 0 Å². The van der Waals surface area contributed by atoms with Crippen molar-refractivity contribution in [3.05, 3.63) is 158 Å². The van der Waals surface area contributed by atoms with Crippen LogP contribution in [0.3, 0.4) is 0 Å². The molecular weight excluding hydrogens is 1310 g/mol. The lowest BCUT2D eigenvalue weighted by atomic mass is 10.1. The van der Waals surface area contributed by atoms with Gasteiger partial charge >= 0.3 is 39.5 Å². The highest BCUT2D eigenvalue weighted by Crippen LogP contribution is 2.45. The van der Waals surface area contributed by atoms with Crippen LogP contribution >= 0.6 is 15.6 Å². The van der Waals surface area contributed by atoms with Crippen LogP contribution in [0.5, 0.6) is 0 Å². The van der Waals surface area contributed by atoms with Gasteiger partial charge in [0.15, 0.2) is 12.2 Å². The van der Waals surface area contributed by atoms with Crippen molar-refractivity contribution in [3.8, 4) is 0 Å². The SMILES string of the molecule is CC/C=C\C/C=C\C/C=C\C/C=C\C/C=C\CC(=O)OC(COC(=O)CCCCCCCC/C=C\C/C=C\C/C=C\C/C=C\CC)COP(=O)(O)OCC(O)COP(=O)(O)OCC(COC(=O)CCCCCCC/C=C\C/C=C\CCC)OC(=O)CCCCCCC/C=C\C/C=C\CCC. The average Bonchev–Trinajstić information content (AvgIpc) is 0.946. The van der Waals surface area contributed by atoms with E-state index in [-0.39, 0.29) is 25.7 Å². The van der Waals surface area contributed by atoms with Crippen molar-refractivity contribution in [2.75, 3.05) is 39.6 Å². The van der Waals surface area contributed by atoms with Crippen LogP contribution in [0.1, 0.15) is 272 Å². The van der Waals surface area contributed by atoms with Crippen LogP contribution in [-0.4, -0.2) is 96.7 Å². The standard InChI is InChI=1S/C81H132O17P2/c1-5-9-13-17-21-25-29-33-35-36-37-38-40-43-46-50-54-58-62-66-79(84)92-72-77(98-81(86)68-64-60-56-52-48-44-39-34-30-26-22-18-14-10-6-2)74-96-100(89,90)94-70-75(82)69-93-99(87,88)95-73-76(97-80(85)67-63-59-55-51-47-42-32-28-24-20-16-12-8-4)71-91-78(83)65-61-57-53-49-45-41-31-27-23-19-15-11-7-3/h9-10,13-16,19-22,25-28,31-35,37-39,48,52,60,64,75-77,82H,5-8,11-12,17-18,23-24,29-30,36,40-47,49-51,53-59,61-63,65-74H2,1-4H3,(H,87,88)(H,89,90)/b13-9-,14-10-,19-15-,20-16-,25-21-,26-22-,31-27-,32-28-,35-33-,38-37-,39-34-,52-48-,64-60-. The molecule has 0 bridgehead atoms. The number of carbonyl (C=O) groups is 4. The van der Waals surface area contributed by atoms with Crippen molar-refractivity contribution >= 4 is 39.5 Å². The predicted molar refractivity (Wildman–Crippen MR) is 408 cm³/mol. The van der Waals surface area contributed by atoms with E-state index in [9.17, 15) is 43.2 Å². The van der Waals surface area contributed by atoms with Gasteiger partial charge in [-0.3, -0.25) is 37.3 Å². The van der Waals surface area contributed by atoms with Gasteiger partial charge in [0.1, 0.15) is 19.3 Å². The lowest BCUT2D eigenvalue weighted by Crippen LogP contribution is -2.30. The van der Waals surface area contributed by atoms with Crippen LogP contribution in [0, 0.1) is 0 Å². The van der Waals surface area contributed by atoms with Crippen LogP contribution in [0.4, 0.5) is 0 Å². The lowest BCUT2D eigenvalue weighted by Gasteiger charge is -2.21. The van der Waals surface area contributed by atoms with Crippen molar-refractivity contribution < 1.29 is 80.2 Å². The zero-order valence-corrected chi connectivity index (χ0v) is 63.6. The van der Waals surface area contributed by atoms with Crippen LogP contribution in [-0.2, 0) is 65.4 Å². The fourth-order valence-electron chi connectivity index (χ4n) is 9.30. The van der Waals surface area contributed by atoms with Crippen molar-refractivity contribution in [3.63, 3.8) is 0 Å². The molecule has 0 spiro atoms. The van der Waals surface area contributed by atoms with E-state index in [2.05, 4.69) is 161 Å². The Morgan fingerprint density at radius 2 is 0.560 bits per heavy atom. The number of ether oxygens (including phenoxy) is 4. The van der Waals surface area contributed by atoms with E-state index >= 15 is 0 Å². The molecule has 0 radical (unpaired) electrons. The molecule has 100 heavy (non-hydrogen) atoms. The molecule has 0 aliphatic rings. The number of rotatable bonds is 69. The van der Waals surface area contributed by atoms with Crippen molar-refractivity contribution in [1.82, 2.24) is 0 Å². The molecule has 0 aliphatic carbocycles. The summed E-state index contributed by atoms with van der Waals surface area (Å²) in [5, 5.41) is 10.6. The van der Waals surface area contributed by atoms with Gasteiger partial charge in [-0.2, -0.15) is 0 Å². The Labute approximate surface area is 604 Å². The molecule has 0 aromatic rings. The second-order valence-corrected chi connectivity index (χ2v) is 27.4. The maximum absolute atomic E-state index is 13.1. The van der Waals surface area contributed by atoms with Crippen molar-refractivity contribution in [1.29, 1.82) is 0 Å². The molecule has 0 aliphatic heterocycles. The van der Waals surface area contributed by atoms with E-state index in [0.29, 0.717) is 25.7 Å². The van der Waals surface area contributed by atoms with Gasteiger partial charge in [0, 0.05) is 19.3 Å². The summed E-state index contributed by atoms with van der Waals surface area (Å²) in [6.07, 6.45) is 82.7. The minimum absolute atomic E-state index is 0.0685. The van der Waals surface area contributed by atoms with E-state index in [4.69, 9.17) is 37.0 Å². The maximum Gasteiger partial charge on any atom is 0.472 e. The minimum Gasteiger partial charge on any atom is -0.462 e. The van der Waals surface area contributed by atoms with Crippen molar-refractivity contribution in [2.45, 2.75) is 290 Å². The number of allylic oxidation sites excluding steroid dienone is 25. The summed E-state index contributed by atoms with van der Waals surface area (Å²) >= 11 is 0. The Balaban J connectivity index is 5.45. The number of phosphoric ester groups is 2. The normalized spacial score (nSPS) is 14.8. The van der Waals surface area contributed by atoms with E-state index < -0.39 is 97.5 Å². The molecule has 5 atom stereocenters. The quantitative estimate of drug-likeness (QED) is 0.0169. The Kier molecular flexibility index (Phi) is 68.2. The monoisotopic (exact) mass is 1440 g/mol. The molecule has 568 valence electrons. The van der Waals surface area contributed by atoms with Gasteiger partial charge in [0.05, 0.1) is 32.8 Å². The first-order valence-electron chi connectivity index (χ1n) is 37.7. The second kappa shape index (κ2) is 72.0. The van der Waals surface area contributed by atoms with Gasteiger partial charge in [-0.25, -0.2) is 9.13 Å². The molecule has 0 saturated heterocycles. The summed E-state index contributed by atoms with van der Waals surface area (Å²) in [5.74, 6) is -2.38. The second-order valence-electron chi connectivity index (χ2n) is 24.5. The molecule has 0 aromatic carbocycles. The van der Waals surface area contributed by atoms with E-state index in [1.54, 1.807) is 12.2 Å². The highest BCUT2D eigenvalue weighted by molar-refractivity contribution is 7.47. The van der Waals surface area contributed by atoms with Crippen molar-refractivity contribution in [2.24, 2.45) is 0 Å². The summed E-state index contributed by atoms with van der Waals surface area (Å²) in [6.45, 7) is 4.32. The molecule has 17 nitrogen and oxygen atoms in total. The Bertz CT molecular complexity index is 2520. The van der Waals surface area contributed by atoms with E-state index in [0.717, 1.165) is 193 Å². The highest BCUT2D eigenvalue weighted by Gasteiger charge is 2.30. The number of unbranched alkanes of at least 4 members (excludes halogenated alkanes) is 18. The number of phosphoric acid groups is 2. The van der Waals surface area contributed by atoms with E-state index in [1.165, 1.54) is 0 Å². The first kappa shape index (κ1) is 94.7. The van der Waals surface area contributed by atoms with Crippen LogP contribution in [0.2, 0.25) is 0 Å². The average molecular weight is 1440 g/mol. The summed E-state index contributed by atoms with van der Waals surface area (Å²) in [5.41, 5.74) is 0. The molecule has 3 N–H and O–H groups in total. The third kappa shape index (κ3) is 71.1. The smallest absolute Gasteiger partial charge is 0.462 e. The van der Waals surface area contributed by atoms with Gasteiger partial charge < -0.3 is 33.8 Å². The Morgan fingerprint density at radius 1 is 0.300 bits per heavy atom. The summed E-state index contributed by atoms with van der Waals surface area (Å²) in [4.78, 5) is 72.8. The molecule has 19 heteroatoms. The third-order valence-electron chi connectivity index (χ3n) is 15.0. The molecule has 0 aromatic heterocycles. The highest BCUT2D eigenvalue weighted by atomic mass is 31.2. The van der Waals surface area contributed by atoms with Crippen LogP contribution < -0.4 is 0 Å². The molecule has 0 amide bonds. The van der Waals surface area contributed by atoms with E-state index in [1.807, 2.05) is 12.2 Å². The van der Waals surface area contributed by atoms with Gasteiger partial charge in [-0.1, -0.05) is 263 Å². The molecule has 0 rings (SSSR count).